The molecule has 1 atom stereocenters. The number of fused-ring (bicyclic) bond motifs is 2. The molecule has 3 aromatic carbocycles. The molecule has 3 heterocycles. The van der Waals surface area contributed by atoms with Gasteiger partial charge >= 0.3 is 0 Å². The molecule has 0 N–H and O–H groups in total. The lowest BCUT2D eigenvalue weighted by Crippen LogP contribution is -2.32. The molecule has 0 saturated heterocycles. The first kappa shape index (κ1) is 27.9. The molecule has 2 aliphatic heterocycles. The summed E-state index contributed by atoms with van der Waals surface area (Å²) in [6.07, 6.45) is 2.78. The summed E-state index contributed by atoms with van der Waals surface area (Å²) in [5.41, 5.74) is 7.01. The van der Waals surface area contributed by atoms with E-state index in [1.54, 1.807) is 11.3 Å². The summed E-state index contributed by atoms with van der Waals surface area (Å²) in [6.45, 7) is 7.27. The highest BCUT2D eigenvalue weighted by Crippen LogP contribution is 2.42. The fourth-order valence-corrected chi connectivity index (χ4v) is 6.23. The summed E-state index contributed by atoms with van der Waals surface area (Å²) in [4.78, 5) is 0. The van der Waals surface area contributed by atoms with Crippen LogP contribution in [0.3, 0.4) is 0 Å². The Balaban J connectivity index is 0.00000323. The summed E-state index contributed by atoms with van der Waals surface area (Å²) in [6, 6.07) is 21.3. The number of rotatable bonds is 7. The first-order valence-corrected chi connectivity index (χ1v) is 14.3. The van der Waals surface area contributed by atoms with Crippen molar-refractivity contribution in [3.8, 4) is 34.5 Å². The molecule has 5 nitrogen and oxygen atoms in total. The number of benzene rings is 3. The van der Waals surface area contributed by atoms with Gasteiger partial charge < -0.3 is 9.47 Å². The Morgan fingerprint density at radius 1 is 1.07 bits per heavy atom. The van der Waals surface area contributed by atoms with Crippen molar-refractivity contribution in [1.29, 1.82) is 0 Å². The van der Waals surface area contributed by atoms with Crippen LogP contribution in [0.4, 0.5) is 0 Å². The van der Waals surface area contributed by atoms with Crippen LogP contribution < -0.4 is 9.47 Å². The minimum absolute atomic E-state index is 0. The average Bonchev–Trinajstić information content (AvgIpc) is 3.61. The van der Waals surface area contributed by atoms with Gasteiger partial charge in [0.25, 0.3) is 0 Å². The van der Waals surface area contributed by atoms with Crippen molar-refractivity contribution in [2.45, 2.75) is 58.2 Å². The average molecular weight is 568 g/mol. The second-order valence-corrected chi connectivity index (χ2v) is 11.6. The lowest BCUT2D eigenvalue weighted by atomic mass is 9.89. The van der Waals surface area contributed by atoms with Gasteiger partial charge in [0.1, 0.15) is 30.3 Å². The normalized spacial score (nSPS) is 15.7. The minimum atomic E-state index is -0.119. The molecule has 4 aromatic rings. The van der Waals surface area contributed by atoms with E-state index in [1.165, 1.54) is 26.8 Å². The topological polar surface area (TPSA) is 55.5 Å². The van der Waals surface area contributed by atoms with E-state index in [9.17, 15) is 0 Å². The van der Waals surface area contributed by atoms with Gasteiger partial charge in [0.2, 0.25) is 0 Å². The molecule has 1 aromatic heterocycles. The van der Waals surface area contributed by atoms with Gasteiger partial charge in [0.05, 0.1) is 11.6 Å². The number of thiophene rings is 1. The first-order valence-electron chi connectivity index (χ1n) is 13.4. The van der Waals surface area contributed by atoms with Gasteiger partial charge in [0.15, 0.2) is 0 Å². The number of nitrogens with zero attached hydrogens (tertiary/aromatic N) is 3. The highest BCUT2D eigenvalue weighted by atomic mass is 32.1. The summed E-state index contributed by atoms with van der Waals surface area (Å²) in [7, 11) is 0. The second-order valence-electron chi connectivity index (χ2n) is 10.7. The molecule has 7 heteroatoms. The SMILES string of the molecule is CC#C[C@@H](CC1=NN=NC1)c1ccc(OCc2ccc3scc(-c4cccc5c4CCC(C)(C)O5)c3c2)cc1.S. The van der Waals surface area contributed by atoms with E-state index in [2.05, 4.69) is 95.0 Å². The summed E-state index contributed by atoms with van der Waals surface area (Å²) in [5, 5.41) is 15.3. The largest absolute Gasteiger partial charge is 0.489 e. The van der Waals surface area contributed by atoms with E-state index < -0.39 is 0 Å². The zero-order valence-electron chi connectivity index (χ0n) is 23.0. The lowest BCUT2D eigenvalue weighted by Gasteiger charge is -2.33. The van der Waals surface area contributed by atoms with Gasteiger partial charge in [-0.25, -0.2) is 0 Å². The Hall–Kier alpha value is -3.60. The van der Waals surface area contributed by atoms with Gasteiger partial charge in [-0.15, -0.1) is 22.4 Å². The van der Waals surface area contributed by atoms with Crippen LogP contribution in [-0.4, -0.2) is 17.9 Å². The lowest BCUT2D eigenvalue weighted by molar-refractivity contribution is 0.0849. The van der Waals surface area contributed by atoms with Crippen molar-refractivity contribution in [2.75, 3.05) is 6.54 Å². The summed E-state index contributed by atoms with van der Waals surface area (Å²) < 4.78 is 13.8. The summed E-state index contributed by atoms with van der Waals surface area (Å²) >= 11 is 1.79. The molecule has 0 aliphatic carbocycles. The molecule has 0 amide bonds. The summed E-state index contributed by atoms with van der Waals surface area (Å²) in [5.74, 6) is 8.27. The highest BCUT2D eigenvalue weighted by Gasteiger charge is 2.28. The van der Waals surface area contributed by atoms with E-state index >= 15 is 0 Å². The molecule has 0 saturated carbocycles. The first-order chi connectivity index (χ1) is 19.0. The van der Waals surface area contributed by atoms with E-state index in [4.69, 9.17) is 9.47 Å². The van der Waals surface area contributed by atoms with Gasteiger partial charge in [-0.05, 0) is 91.2 Å². The third-order valence-corrected chi connectivity index (χ3v) is 8.34. The fourth-order valence-electron chi connectivity index (χ4n) is 5.29. The minimum Gasteiger partial charge on any atom is -0.489 e. The Morgan fingerprint density at radius 3 is 2.70 bits per heavy atom. The van der Waals surface area contributed by atoms with Crippen molar-refractivity contribution < 1.29 is 9.47 Å². The fraction of sp³-hybridized carbons (Fsp3) is 0.303. The molecule has 0 fully saturated rings. The predicted octanol–water partition coefficient (Wildman–Crippen LogP) is 8.68. The van der Waals surface area contributed by atoms with Gasteiger partial charge in [-0.2, -0.15) is 18.6 Å². The van der Waals surface area contributed by atoms with Crippen molar-refractivity contribution in [2.24, 2.45) is 15.4 Å². The second kappa shape index (κ2) is 11.9. The Kier molecular flexibility index (Phi) is 8.30. The Bertz CT molecular complexity index is 1640. The smallest absolute Gasteiger partial charge is 0.123 e. The third kappa shape index (κ3) is 5.94. The van der Waals surface area contributed by atoms with E-state index in [-0.39, 0.29) is 25.0 Å². The van der Waals surface area contributed by atoms with Crippen LogP contribution >= 0.6 is 24.8 Å². The molecule has 6 rings (SSSR count). The molecule has 0 bridgehead atoms. The molecular weight excluding hydrogens is 535 g/mol. The van der Waals surface area contributed by atoms with Gasteiger partial charge in [0, 0.05) is 27.6 Å². The molecule has 0 unspecified atom stereocenters. The number of hydrogen-bond acceptors (Lipinski definition) is 6. The standard InChI is InChI=1S/C33H31N3O2S.H2S/c1-4-6-24(18-25-19-34-36-35-25)23-10-12-26(13-11-23)37-20-22-9-14-32-29(17-22)30(21-39-32)27-7-5-8-31-28(27)15-16-33(2,3)38-31;/h5,7-14,17,21,24H,15-16,18-20H2,1-3H3;1H2/t24-;/m0./s1. The van der Waals surface area contributed by atoms with Crippen LogP contribution in [0.2, 0.25) is 0 Å². The Labute approximate surface area is 246 Å². The van der Waals surface area contributed by atoms with Crippen molar-refractivity contribution >= 4 is 40.6 Å². The number of hydrogen-bond donors (Lipinski definition) is 0. The third-order valence-electron chi connectivity index (χ3n) is 7.37. The van der Waals surface area contributed by atoms with Crippen LogP contribution in [0.25, 0.3) is 21.2 Å². The number of ether oxygens (including phenoxy) is 2. The maximum Gasteiger partial charge on any atom is 0.123 e. The maximum atomic E-state index is 6.31. The van der Waals surface area contributed by atoms with Crippen molar-refractivity contribution in [1.82, 2.24) is 0 Å². The zero-order valence-corrected chi connectivity index (χ0v) is 24.8. The molecule has 0 spiro atoms. The maximum absolute atomic E-state index is 6.31. The molecule has 204 valence electrons. The molecule has 2 aliphatic rings. The van der Waals surface area contributed by atoms with Crippen LogP contribution in [0.15, 0.2) is 81.5 Å². The van der Waals surface area contributed by atoms with Crippen molar-refractivity contribution in [3.63, 3.8) is 0 Å². The quantitative estimate of drug-likeness (QED) is 0.210. The Morgan fingerprint density at radius 2 is 1.93 bits per heavy atom. The van der Waals surface area contributed by atoms with Crippen molar-refractivity contribution in [3.05, 3.63) is 82.7 Å². The predicted molar refractivity (Wildman–Crippen MR) is 169 cm³/mol. The van der Waals surface area contributed by atoms with E-state index in [0.717, 1.165) is 47.6 Å². The monoisotopic (exact) mass is 567 g/mol. The van der Waals surface area contributed by atoms with Crippen LogP contribution in [0, 0.1) is 11.8 Å². The molecular formula is C33H33N3O2S2. The van der Waals surface area contributed by atoms with Crippen LogP contribution in [0.5, 0.6) is 11.5 Å². The van der Waals surface area contributed by atoms with E-state index in [0.29, 0.717) is 13.2 Å². The van der Waals surface area contributed by atoms with Crippen LogP contribution in [-0.2, 0) is 13.0 Å². The molecule has 0 radical (unpaired) electrons. The van der Waals surface area contributed by atoms with E-state index in [1.807, 2.05) is 19.1 Å². The molecule has 40 heavy (non-hydrogen) atoms. The van der Waals surface area contributed by atoms with Crippen LogP contribution in [0.1, 0.15) is 56.2 Å². The zero-order chi connectivity index (χ0) is 26.8. The highest BCUT2D eigenvalue weighted by molar-refractivity contribution is 7.59. The van der Waals surface area contributed by atoms with Gasteiger partial charge in [-0.3, -0.25) is 0 Å². The van der Waals surface area contributed by atoms with Gasteiger partial charge in [-0.1, -0.05) is 36.3 Å².